The number of thiazole rings is 1. The van der Waals surface area contributed by atoms with Crippen LogP contribution in [0.25, 0.3) is 0 Å². The first-order chi connectivity index (χ1) is 11.8. The van der Waals surface area contributed by atoms with Gasteiger partial charge in [0.25, 0.3) is 0 Å². The van der Waals surface area contributed by atoms with E-state index in [-0.39, 0.29) is 30.5 Å². The third-order valence-electron chi connectivity index (χ3n) is 4.16. The van der Waals surface area contributed by atoms with Gasteiger partial charge in [-0.2, -0.15) is 13.2 Å². The molecule has 1 fully saturated rings. The number of guanidine groups is 1. The molecule has 0 aromatic carbocycles. The summed E-state index contributed by atoms with van der Waals surface area (Å²) in [4.78, 5) is 10.4. The Balaban J connectivity index is 0.00000338. The minimum atomic E-state index is -4.40. The van der Waals surface area contributed by atoms with Gasteiger partial charge in [0.1, 0.15) is 5.01 Å². The molecule has 150 valence electrons. The summed E-state index contributed by atoms with van der Waals surface area (Å²) in [7, 11) is 0. The maximum Gasteiger partial charge on any atom is 0.434 e. The second kappa shape index (κ2) is 10.6. The lowest BCUT2D eigenvalue weighted by atomic mass is 10.0. The summed E-state index contributed by atoms with van der Waals surface area (Å²) < 4.78 is 37.8. The topological polar surface area (TPSA) is 52.6 Å². The number of aromatic nitrogens is 1. The third kappa shape index (κ3) is 7.18. The minimum Gasteiger partial charge on any atom is -0.357 e. The molecule has 5 nitrogen and oxygen atoms in total. The van der Waals surface area contributed by atoms with E-state index < -0.39 is 11.9 Å². The maximum atomic E-state index is 12.6. The fourth-order valence-corrected chi connectivity index (χ4v) is 3.46. The molecule has 0 radical (unpaired) electrons. The molecule has 1 aromatic heterocycles. The number of nitrogens with zero attached hydrogens (tertiary/aromatic N) is 3. The molecule has 10 heteroatoms. The number of halogens is 4. The molecular formula is C16H27F3IN5S. The standard InChI is InChI=1S/C16H26F3N5S.HI/c1-4-20-15(22-12-5-7-24(8-6-12)11(2)3)21-9-14-23-13(10-25-14)16(17,18)19;/h10-12H,4-9H2,1-3H3,(H2,20,21,22);1H. The van der Waals surface area contributed by atoms with Gasteiger partial charge in [-0.05, 0) is 33.6 Å². The molecule has 0 unspecified atom stereocenters. The first-order valence-corrected chi connectivity index (χ1v) is 9.48. The van der Waals surface area contributed by atoms with E-state index in [0.29, 0.717) is 29.6 Å². The lowest BCUT2D eigenvalue weighted by Crippen LogP contribution is -2.49. The van der Waals surface area contributed by atoms with Crippen molar-refractivity contribution in [1.82, 2.24) is 20.5 Å². The molecular weight excluding hydrogens is 478 g/mol. The van der Waals surface area contributed by atoms with Gasteiger partial charge >= 0.3 is 6.18 Å². The zero-order valence-electron chi connectivity index (χ0n) is 15.3. The van der Waals surface area contributed by atoms with E-state index in [9.17, 15) is 13.2 Å². The molecule has 1 aliphatic rings. The summed E-state index contributed by atoms with van der Waals surface area (Å²) in [6, 6.07) is 0.880. The van der Waals surface area contributed by atoms with Crippen LogP contribution in [0.15, 0.2) is 10.4 Å². The van der Waals surface area contributed by atoms with E-state index in [4.69, 9.17) is 0 Å². The molecule has 0 aliphatic carbocycles. The highest BCUT2D eigenvalue weighted by atomic mass is 127. The molecule has 0 atom stereocenters. The molecule has 2 rings (SSSR count). The summed E-state index contributed by atoms with van der Waals surface area (Å²) in [6.45, 7) is 9.27. The largest absolute Gasteiger partial charge is 0.434 e. The summed E-state index contributed by atoms with van der Waals surface area (Å²) >= 11 is 0.986. The van der Waals surface area contributed by atoms with Crippen molar-refractivity contribution < 1.29 is 13.2 Å². The molecule has 0 bridgehead atoms. The summed E-state index contributed by atoms with van der Waals surface area (Å²) in [6.07, 6.45) is -2.35. The number of hydrogen-bond donors (Lipinski definition) is 2. The molecule has 1 saturated heterocycles. The Morgan fingerprint density at radius 1 is 1.38 bits per heavy atom. The number of alkyl halides is 3. The number of nitrogens with one attached hydrogen (secondary N) is 2. The molecule has 1 aliphatic heterocycles. The fourth-order valence-electron chi connectivity index (χ4n) is 2.73. The Labute approximate surface area is 173 Å². The van der Waals surface area contributed by atoms with Crippen LogP contribution in [0.3, 0.4) is 0 Å². The van der Waals surface area contributed by atoms with Crippen molar-refractivity contribution in [2.75, 3.05) is 19.6 Å². The van der Waals surface area contributed by atoms with Crippen LogP contribution in [0.5, 0.6) is 0 Å². The average molecular weight is 505 g/mol. The van der Waals surface area contributed by atoms with Crippen molar-refractivity contribution in [3.8, 4) is 0 Å². The average Bonchev–Trinajstić information content (AvgIpc) is 3.02. The normalized spacial score (nSPS) is 17.3. The van der Waals surface area contributed by atoms with E-state index in [1.807, 2.05) is 6.92 Å². The molecule has 0 spiro atoms. The zero-order chi connectivity index (χ0) is 18.4. The maximum absolute atomic E-state index is 12.6. The lowest BCUT2D eigenvalue weighted by Gasteiger charge is -2.35. The number of likely N-dealkylation sites (tertiary alicyclic amines) is 1. The first kappa shape index (κ1) is 23.4. The molecule has 0 saturated carbocycles. The van der Waals surface area contributed by atoms with E-state index in [1.54, 1.807) is 0 Å². The predicted molar refractivity (Wildman–Crippen MR) is 110 cm³/mol. The second-order valence-corrected chi connectivity index (χ2v) is 7.31. The quantitative estimate of drug-likeness (QED) is 0.364. The fraction of sp³-hybridized carbons (Fsp3) is 0.750. The first-order valence-electron chi connectivity index (χ1n) is 8.60. The highest BCUT2D eigenvalue weighted by Crippen LogP contribution is 2.30. The van der Waals surface area contributed by atoms with Crippen molar-refractivity contribution in [1.29, 1.82) is 0 Å². The molecule has 1 aromatic rings. The van der Waals surface area contributed by atoms with Gasteiger partial charge in [-0.3, -0.25) is 0 Å². The summed E-state index contributed by atoms with van der Waals surface area (Å²) in [5.41, 5.74) is -0.846. The van der Waals surface area contributed by atoms with Crippen LogP contribution in [0, 0.1) is 0 Å². The van der Waals surface area contributed by atoms with Gasteiger partial charge in [0.15, 0.2) is 11.7 Å². The van der Waals surface area contributed by atoms with Gasteiger partial charge in [-0.15, -0.1) is 35.3 Å². The monoisotopic (exact) mass is 505 g/mol. The van der Waals surface area contributed by atoms with Gasteiger partial charge in [-0.25, -0.2) is 9.98 Å². The van der Waals surface area contributed by atoms with Gasteiger partial charge < -0.3 is 15.5 Å². The number of rotatable bonds is 5. The third-order valence-corrected chi connectivity index (χ3v) is 4.99. The second-order valence-electron chi connectivity index (χ2n) is 6.37. The smallest absolute Gasteiger partial charge is 0.357 e. The predicted octanol–water partition coefficient (Wildman–Crippen LogP) is 3.71. The minimum absolute atomic E-state index is 0. The molecule has 26 heavy (non-hydrogen) atoms. The van der Waals surface area contributed by atoms with Gasteiger partial charge in [0.05, 0.1) is 6.54 Å². The number of piperidine rings is 1. The SMILES string of the molecule is CCNC(=NCc1nc(C(F)(F)F)cs1)NC1CCN(C(C)C)CC1.I. The highest BCUT2D eigenvalue weighted by Gasteiger charge is 2.33. The Kier molecular flexibility index (Phi) is 9.59. The molecule has 2 N–H and O–H groups in total. The van der Waals surface area contributed by atoms with Crippen LogP contribution in [0.1, 0.15) is 44.3 Å². The summed E-state index contributed by atoms with van der Waals surface area (Å²) in [5, 5.41) is 7.94. The van der Waals surface area contributed by atoms with E-state index in [0.717, 1.165) is 42.6 Å². The van der Waals surface area contributed by atoms with E-state index >= 15 is 0 Å². The van der Waals surface area contributed by atoms with Crippen LogP contribution in [-0.4, -0.2) is 47.6 Å². The Morgan fingerprint density at radius 2 is 2.04 bits per heavy atom. The number of hydrogen-bond acceptors (Lipinski definition) is 4. The molecule has 0 amide bonds. The Hall–Kier alpha value is -0.620. The molecule has 2 heterocycles. The lowest BCUT2D eigenvalue weighted by molar-refractivity contribution is -0.140. The van der Waals surface area contributed by atoms with Crippen molar-refractivity contribution in [2.24, 2.45) is 4.99 Å². The van der Waals surface area contributed by atoms with Crippen LogP contribution in [0.4, 0.5) is 13.2 Å². The Bertz CT molecular complexity index is 568. The van der Waals surface area contributed by atoms with Crippen LogP contribution < -0.4 is 10.6 Å². The van der Waals surface area contributed by atoms with Crippen molar-refractivity contribution in [3.63, 3.8) is 0 Å². The van der Waals surface area contributed by atoms with Crippen molar-refractivity contribution >= 4 is 41.3 Å². The van der Waals surface area contributed by atoms with Gasteiger partial charge in [0, 0.05) is 37.1 Å². The van der Waals surface area contributed by atoms with Crippen LogP contribution in [-0.2, 0) is 12.7 Å². The van der Waals surface area contributed by atoms with E-state index in [1.165, 1.54) is 0 Å². The van der Waals surface area contributed by atoms with Crippen molar-refractivity contribution in [3.05, 3.63) is 16.1 Å². The zero-order valence-corrected chi connectivity index (χ0v) is 18.4. The Morgan fingerprint density at radius 3 is 2.54 bits per heavy atom. The van der Waals surface area contributed by atoms with Gasteiger partial charge in [-0.1, -0.05) is 0 Å². The summed E-state index contributed by atoms with van der Waals surface area (Å²) in [5.74, 6) is 0.634. The highest BCUT2D eigenvalue weighted by molar-refractivity contribution is 14.0. The van der Waals surface area contributed by atoms with E-state index in [2.05, 4.69) is 39.4 Å². The van der Waals surface area contributed by atoms with Gasteiger partial charge in [0.2, 0.25) is 0 Å². The van der Waals surface area contributed by atoms with Crippen LogP contribution in [0.2, 0.25) is 0 Å². The van der Waals surface area contributed by atoms with Crippen LogP contribution >= 0.6 is 35.3 Å². The number of aliphatic imine (C=N–C) groups is 1. The van der Waals surface area contributed by atoms with Crippen molar-refractivity contribution in [2.45, 2.75) is 58.4 Å².